The Hall–Kier alpha value is -3.33. The molecule has 1 aromatic carbocycles. The number of hydrogen-bond acceptors (Lipinski definition) is 8. The molecule has 2 aromatic heterocycles. The van der Waals surface area contributed by atoms with E-state index in [4.69, 9.17) is 14.9 Å². The fourth-order valence-corrected chi connectivity index (χ4v) is 3.56. The quantitative estimate of drug-likeness (QED) is 0.681. The Morgan fingerprint density at radius 1 is 1.11 bits per heavy atom. The van der Waals surface area contributed by atoms with E-state index in [1.807, 2.05) is 18.2 Å². The third kappa shape index (κ3) is 3.09. The van der Waals surface area contributed by atoms with E-state index in [-0.39, 0.29) is 0 Å². The zero-order chi connectivity index (χ0) is 18.9. The second-order valence-corrected chi connectivity index (χ2v) is 6.73. The Labute approximate surface area is 161 Å². The van der Waals surface area contributed by atoms with Gasteiger partial charge < -0.3 is 25.1 Å². The number of nitrogens with two attached hydrogens (primary N) is 1. The number of anilines is 4. The smallest absolute Gasteiger partial charge is 0.248 e. The van der Waals surface area contributed by atoms with Crippen LogP contribution in [0.25, 0.3) is 11.8 Å². The molecule has 1 aliphatic heterocycles. The molecule has 0 atom stereocenters. The molecule has 0 bridgehead atoms. The van der Waals surface area contributed by atoms with E-state index in [0.29, 0.717) is 17.3 Å². The van der Waals surface area contributed by atoms with Crippen molar-refractivity contribution in [3.63, 3.8) is 0 Å². The predicted octanol–water partition coefficient (Wildman–Crippen LogP) is 0.659. The van der Waals surface area contributed by atoms with Crippen LogP contribution >= 0.6 is 0 Å². The van der Waals surface area contributed by atoms with Crippen molar-refractivity contribution < 1.29 is 9.15 Å². The molecule has 0 spiro atoms. The van der Waals surface area contributed by atoms with E-state index < -0.39 is 0 Å². The fourth-order valence-electron chi connectivity index (χ4n) is 3.56. The molecule has 0 radical (unpaired) electrons. The van der Waals surface area contributed by atoms with Crippen molar-refractivity contribution in [1.82, 2.24) is 19.7 Å². The van der Waals surface area contributed by atoms with Gasteiger partial charge in [0.2, 0.25) is 11.9 Å². The van der Waals surface area contributed by atoms with Crippen molar-refractivity contribution in [2.75, 3.05) is 42.3 Å². The summed E-state index contributed by atoms with van der Waals surface area (Å²) in [6.07, 6.45) is 5.11. The molecule has 9 nitrogen and oxygen atoms in total. The van der Waals surface area contributed by atoms with Gasteiger partial charge in [-0.3, -0.25) is 0 Å². The Morgan fingerprint density at radius 3 is 2.75 bits per heavy atom. The first-order chi connectivity index (χ1) is 13.8. The minimum absolute atomic E-state index is 0.312. The maximum absolute atomic E-state index is 6.11. The number of nitrogens with one attached hydrogen (secondary N) is 1. The minimum Gasteiger partial charge on any atom is -0.442 e. The van der Waals surface area contributed by atoms with Gasteiger partial charge in [0, 0.05) is 24.5 Å². The first-order valence-corrected chi connectivity index (χ1v) is 9.33. The van der Waals surface area contributed by atoms with Gasteiger partial charge in [-0.15, -0.1) is 5.10 Å². The number of hydrogen-bond donors (Lipinski definition) is 2. The van der Waals surface area contributed by atoms with Crippen LogP contribution in [0, 0.1) is 0 Å². The largest absolute Gasteiger partial charge is 0.442 e. The van der Waals surface area contributed by atoms with Crippen molar-refractivity contribution in [3.05, 3.63) is 41.4 Å². The maximum Gasteiger partial charge on any atom is 0.248 e. The zero-order valence-corrected chi connectivity index (χ0v) is 15.3. The number of benzene rings is 1. The van der Waals surface area contributed by atoms with Crippen molar-refractivity contribution in [2.45, 2.75) is 12.8 Å². The van der Waals surface area contributed by atoms with Crippen LogP contribution in [0.2, 0.25) is 0 Å². The van der Waals surface area contributed by atoms with Gasteiger partial charge in [0.1, 0.15) is 5.35 Å². The number of oxazole rings is 1. The molecule has 1 fully saturated rings. The third-order valence-electron chi connectivity index (χ3n) is 4.96. The summed E-state index contributed by atoms with van der Waals surface area (Å²) in [6.45, 7) is 3.36. The van der Waals surface area contributed by atoms with Crippen LogP contribution in [0.15, 0.2) is 35.1 Å². The average Bonchev–Trinajstić information content (AvgIpc) is 3.35. The van der Waals surface area contributed by atoms with Crippen LogP contribution < -0.4 is 26.7 Å². The molecule has 1 aliphatic carbocycles. The van der Waals surface area contributed by atoms with Gasteiger partial charge in [-0.2, -0.15) is 9.67 Å². The topological polar surface area (TPSA) is 107 Å². The molecule has 1 saturated heterocycles. The molecule has 2 aliphatic rings. The van der Waals surface area contributed by atoms with Crippen LogP contribution in [0.3, 0.4) is 0 Å². The predicted molar refractivity (Wildman–Crippen MR) is 105 cm³/mol. The molecule has 28 heavy (non-hydrogen) atoms. The number of rotatable bonds is 4. The van der Waals surface area contributed by atoms with Gasteiger partial charge in [0.25, 0.3) is 0 Å². The van der Waals surface area contributed by atoms with Gasteiger partial charge in [-0.25, -0.2) is 4.98 Å². The SMILES string of the molecule is Nc1nc(Nc2ccc(N3CCOCC3)cc2)nn1C1=c2ocnc2=CCC1. The molecule has 0 amide bonds. The summed E-state index contributed by atoms with van der Waals surface area (Å²) in [5.41, 5.74) is 9.76. The Bertz CT molecular complexity index is 1090. The average molecular weight is 379 g/mol. The van der Waals surface area contributed by atoms with Crippen molar-refractivity contribution in [1.29, 1.82) is 0 Å². The van der Waals surface area contributed by atoms with Crippen molar-refractivity contribution in [3.8, 4) is 0 Å². The van der Waals surface area contributed by atoms with E-state index in [1.165, 1.54) is 12.1 Å². The standard InChI is InChI=1S/C19H21N7O2/c20-18-23-19(24-26(18)16-3-1-2-15-17(16)28-12-21-15)22-13-4-6-14(7-5-13)25-8-10-27-11-9-25/h2,4-7,12H,1,3,8-11H2,(H3,20,22,23,24). The third-order valence-corrected chi connectivity index (χ3v) is 4.96. The molecule has 3 heterocycles. The molecular weight excluding hydrogens is 358 g/mol. The highest BCUT2D eigenvalue weighted by Crippen LogP contribution is 2.22. The normalized spacial score (nSPS) is 16.6. The summed E-state index contributed by atoms with van der Waals surface area (Å²) in [5.74, 6) is 0.756. The highest BCUT2D eigenvalue weighted by Gasteiger charge is 2.16. The van der Waals surface area contributed by atoms with Crippen LogP contribution in [0.5, 0.6) is 0 Å². The molecule has 3 aromatic rings. The second kappa shape index (κ2) is 7.01. The van der Waals surface area contributed by atoms with Gasteiger partial charge in [-0.1, -0.05) is 6.08 Å². The molecular formula is C19H21N7O2. The summed E-state index contributed by atoms with van der Waals surface area (Å²) in [6, 6.07) is 8.19. The van der Waals surface area contributed by atoms with Crippen LogP contribution in [-0.4, -0.2) is 46.1 Å². The summed E-state index contributed by atoms with van der Waals surface area (Å²) in [7, 11) is 0. The lowest BCUT2D eigenvalue weighted by Crippen LogP contribution is -2.36. The molecule has 9 heteroatoms. The second-order valence-electron chi connectivity index (χ2n) is 6.73. The minimum atomic E-state index is 0.312. The van der Waals surface area contributed by atoms with Crippen molar-refractivity contribution >= 4 is 35.0 Å². The van der Waals surface area contributed by atoms with E-state index in [1.54, 1.807) is 4.68 Å². The molecule has 3 N–H and O–H groups in total. The zero-order valence-electron chi connectivity index (χ0n) is 15.3. The van der Waals surface area contributed by atoms with E-state index in [0.717, 1.165) is 55.9 Å². The summed E-state index contributed by atoms with van der Waals surface area (Å²) >= 11 is 0. The van der Waals surface area contributed by atoms with Gasteiger partial charge in [0.05, 0.1) is 18.9 Å². The molecule has 144 valence electrons. The van der Waals surface area contributed by atoms with Crippen LogP contribution in [-0.2, 0) is 4.74 Å². The first kappa shape index (κ1) is 16.8. The highest BCUT2D eigenvalue weighted by atomic mass is 16.5. The summed E-state index contributed by atoms with van der Waals surface area (Å²) < 4.78 is 12.6. The number of morpholine rings is 1. The number of fused-ring (bicyclic) bond motifs is 1. The first-order valence-electron chi connectivity index (χ1n) is 9.33. The van der Waals surface area contributed by atoms with Crippen LogP contribution in [0.1, 0.15) is 12.8 Å². The lowest BCUT2D eigenvalue weighted by Gasteiger charge is -2.28. The van der Waals surface area contributed by atoms with Crippen molar-refractivity contribution in [2.24, 2.45) is 0 Å². The summed E-state index contributed by atoms with van der Waals surface area (Å²) in [4.78, 5) is 10.9. The Balaban J connectivity index is 1.38. The van der Waals surface area contributed by atoms with Gasteiger partial charge >= 0.3 is 0 Å². The molecule has 0 unspecified atom stereocenters. The fraction of sp³-hybridized carbons (Fsp3) is 0.316. The van der Waals surface area contributed by atoms with E-state index in [9.17, 15) is 0 Å². The Morgan fingerprint density at radius 2 is 1.93 bits per heavy atom. The lowest BCUT2D eigenvalue weighted by atomic mass is 10.1. The molecule has 0 saturated carbocycles. The van der Waals surface area contributed by atoms with Gasteiger partial charge in [-0.05, 0) is 37.1 Å². The van der Waals surface area contributed by atoms with E-state index >= 15 is 0 Å². The molecule has 5 rings (SSSR count). The lowest BCUT2D eigenvalue weighted by molar-refractivity contribution is 0.122. The van der Waals surface area contributed by atoms with Gasteiger partial charge in [0.15, 0.2) is 11.8 Å². The monoisotopic (exact) mass is 379 g/mol. The van der Waals surface area contributed by atoms with E-state index in [2.05, 4.69) is 37.4 Å². The number of aromatic nitrogens is 4. The number of ether oxygens (including phenoxy) is 1. The maximum atomic E-state index is 6.11. The number of nitrogen functional groups attached to an aromatic ring is 1. The van der Waals surface area contributed by atoms with Crippen LogP contribution in [0.4, 0.5) is 23.3 Å². The summed E-state index contributed by atoms with van der Waals surface area (Å²) in [5, 5.41) is 8.57. The highest BCUT2D eigenvalue weighted by molar-refractivity contribution is 5.61. The number of nitrogens with zero attached hydrogens (tertiary/aromatic N) is 5. The Kier molecular flexibility index (Phi) is 4.21.